The molecule has 1 aromatic rings. The molecule has 3 N–H and O–H groups in total. The quantitative estimate of drug-likeness (QED) is 0.640. The lowest BCUT2D eigenvalue weighted by Gasteiger charge is -2.14. The number of amides is 2. The Bertz CT molecular complexity index is 599. The normalized spacial score (nSPS) is 11.1. The van der Waals surface area contributed by atoms with Gasteiger partial charge in [0.2, 0.25) is 0 Å². The van der Waals surface area contributed by atoms with E-state index in [1.54, 1.807) is 12.1 Å². The van der Waals surface area contributed by atoms with Gasteiger partial charge in [-0.3, -0.25) is 0 Å². The van der Waals surface area contributed by atoms with Gasteiger partial charge in [0.1, 0.15) is 11.8 Å². The largest absolute Gasteiger partial charge is 0.495 e. The first-order chi connectivity index (χ1) is 9.88. The lowest BCUT2D eigenvalue weighted by Crippen LogP contribution is -2.42. The van der Waals surface area contributed by atoms with E-state index in [1.165, 1.54) is 7.11 Å². The van der Waals surface area contributed by atoms with Crippen molar-refractivity contribution in [1.82, 2.24) is 5.32 Å². The topological polar surface area (TPSA) is 87.7 Å². The van der Waals surface area contributed by atoms with Crippen molar-refractivity contribution in [3.63, 3.8) is 0 Å². The van der Waals surface area contributed by atoms with Crippen molar-refractivity contribution in [2.24, 2.45) is 0 Å². The number of carbonyl (C=O) groups is 2. The molecule has 112 valence electrons. The van der Waals surface area contributed by atoms with Gasteiger partial charge in [0.05, 0.1) is 17.3 Å². The number of carbonyl (C=O) groups excluding carboxylic acids is 1. The second-order valence-corrected chi connectivity index (χ2v) is 5.57. The number of ether oxygens (including phenoxy) is 1. The average Bonchev–Trinajstić information content (AvgIpc) is 2.41. The van der Waals surface area contributed by atoms with Crippen molar-refractivity contribution in [2.75, 3.05) is 12.4 Å². The van der Waals surface area contributed by atoms with Crippen molar-refractivity contribution in [3.05, 3.63) is 21.1 Å². The van der Waals surface area contributed by atoms with Crippen molar-refractivity contribution >= 4 is 49.5 Å². The Hall–Kier alpha value is -1.72. The molecule has 0 fully saturated rings. The highest BCUT2D eigenvalue weighted by Crippen LogP contribution is 2.34. The van der Waals surface area contributed by atoms with Crippen LogP contribution in [0.2, 0.25) is 0 Å². The zero-order valence-corrected chi connectivity index (χ0v) is 14.1. The van der Waals surface area contributed by atoms with Crippen LogP contribution in [-0.4, -0.2) is 30.3 Å². The van der Waals surface area contributed by atoms with Crippen molar-refractivity contribution < 1.29 is 19.4 Å². The number of benzene rings is 1. The lowest BCUT2D eigenvalue weighted by atomic mass is 10.2. The molecule has 1 aromatic carbocycles. The molecule has 1 atom stereocenters. The van der Waals surface area contributed by atoms with Crippen LogP contribution in [0, 0.1) is 12.3 Å². The average molecular weight is 420 g/mol. The van der Waals surface area contributed by atoms with E-state index < -0.39 is 18.0 Å². The van der Waals surface area contributed by atoms with Crippen molar-refractivity contribution in [2.45, 2.75) is 12.5 Å². The van der Waals surface area contributed by atoms with E-state index in [0.29, 0.717) is 20.4 Å². The highest BCUT2D eigenvalue weighted by atomic mass is 79.9. The van der Waals surface area contributed by atoms with Crippen LogP contribution in [0.25, 0.3) is 0 Å². The Balaban J connectivity index is 2.84. The van der Waals surface area contributed by atoms with E-state index in [4.69, 9.17) is 16.3 Å². The van der Waals surface area contributed by atoms with Gasteiger partial charge in [-0.15, -0.1) is 12.3 Å². The number of hydrogen-bond acceptors (Lipinski definition) is 3. The van der Waals surface area contributed by atoms with Gasteiger partial charge in [0.25, 0.3) is 0 Å². The smallest absolute Gasteiger partial charge is 0.327 e. The van der Waals surface area contributed by atoms with Crippen LogP contribution in [0.5, 0.6) is 5.75 Å². The second-order valence-electron chi connectivity index (χ2n) is 3.86. The molecule has 0 saturated heterocycles. The Morgan fingerprint density at radius 3 is 2.62 bits per heavy atom. The first-order valence-electron chi connectivity index (χ1n) is 5.65. The molecule has 2 amide bonds. The fourth-order valence-corrected chi connectivity index (χ4v) is 2.67. The third-order valence-electron chi connectivity index (χ3n) is 2.42. The molecular formula is C13H12Br2N2O4. The van der Waals surface area contributed by atoms with Crippen molar-refractivity contribution in [1.29, 1.82) is 0 Å². The van der Waals surface area contributed by atoms with Crippen LogP contribution in [0.15, 0.2) is 21.1 Å². The number of terminal acetylenes is 1. The molecule has 0 aromatic heterocycles. The molecular weight excluding hydrogens is 408 g/mol. The van der Waals surface area contributed by atoms with E-state index in [-0.39, 0.29) is 6.42 Å². The van der Waals surface area contributed by atoms with Gasteiger partial charge in [-0.25, -0.2) is 9.59 Å². The molecule has 1 rings (SSSR count). The molecule has 1 unspecified atom stereocenters. The minimum Gasteiger partial charge on any atom is -0.495 e. The number of carboxylic acid groups (broad SMARTS) is 1. The minimum absolute atomic E-state index is 0.104. The molecule has 0 heterocycles. The van der Waals surface area contributed by atoms with Gasteiger partial charge in [0, 0.05) is 17.0 Å². The number of carboxylic acids is 1. The number of rotatable bonds is 5. The zero-order valence-electron chi connectivity index (χ0n) is 10.9. The fraction of sp³-hybridized carbons (Fsp3) is 0.231. The standard InChI is InChI=1S/C13H12Br2N2O4/c1-3-4-9(12(18)19)16-13(20)17-10-6-11(21-2)8(15)5-7(10)14/h1,5-6,9H,4H2,2H3,(H,18,19)(H2,16,17,20). The Kier molecular flexibility index (Phi) is 6.52. The Morgan fingerprint density at radius 2 is 2.10 bits per heavy atom. The third-order valence-corrected chi connectivity index (χ3v) is 3.69. The van der Waals surface area contributed by atoms with Crippen LogP contribution in [0.1, 0.15) is 6.42 Å². The molecule has 8 heteroatoms. The first-order valence-corrected chi connectivity index (χ1v) is 7.24. The predicted molar refractivity (Wildman–Crippen MR) is 85.4 cm³/mol. The number of anilines is 1. The van der Waals surface area contributed by atoms with Gasteiger partial charge < -0.3 is 20.5 Å². The molecule has 0 aliphatic heterocycles. The predicted octanol–water partition coefficient (Wildman–Crippen LogP) is 2.82. The zero-order chi connectivity index (χ0) is 16.0. The van der Waals surface area contributed by atoms with Crippen LogP contribution in [0.3, 0.4) is 0 Å². The molecule has 0 radical (unpaired) electrons. The summed E-state index contributed by atoms with van der Waals surface area (Å²) in [4.78, 5) is 22.7. The van der Waals surface area contributed by atoms with E-state index in [0.717, 1.165) is 0 Å². The number of halogens is 2. The summed E-state index contributed by atoms with van der Waals surface area (Å²) in [7, 11) is 1.49. The Morgan fingerprint density at radius 1 is 1.43 bits per heavy atom. The first kappa shape index (κ1) is 17.3. The number of hydrogen-bond donors (Lipinski definition) is 3. The third kappa shape index (κ3) is 4.95. The van der Waals surface area contributed by atoms with Crippen LogP contribution >= 0.6 is 31.9 Å². The monoisotopic (exact) mass is 418 g/mol. The molecule has 0 bridgehead atoms. The molecule has 6 nitrogen and oxygen atoms in total. The highest BCUT2D eigenvalue weighted by molar-refractivity contribution is 9.11. The van der Waals surface area contributed by atoms with Gasteiger partial charge in [-0.05, 0) is 37.9 Å². The summed E-state index contributed by atoms with van der Waals surface area (Å²) < 4.78 is 6.43. The maximum absolute atomic E-state index is 11.8. The van der Waals surface area contributed by atoms with E-state index >= 15 is 0 Å². The molecule has 0 spiro atoms. The summed E-state index contributed by atoms with van der Waals surface area (Å²) in [5, 5.41) is 13.7. The van der Waals surface area contributed by atoms with Crippen molar-refractivity contribution in [3.8, 4) is 18.1 Å². The number of nitrogens with one attached hydrogen (secondary N) is 2. The second kappa shape index (κ2) is 7.90. The summed E-state index contributed by atoms with van der Waals surface area (Å²) in [6.45, 7) is 0. The molecule has 0 aliphatic carbocycles. The van der Waals surface area contributed by atoms with Crippen LogP contribution in [-0.2, 0) is 4.79 Å². The molecule has 0 saturated carbocycles. The number of methoxy groups -OCH3 is 1. The van der Waals surface area contributed by atoms with Crippen LogP contribution < -0.4 is 15.4 Å². The summed E-state index contributed by atoms with van der Waals surface area (Å²) >= 11 is 6.59. The SMILES string of the molecule is C#CCC(NC(=O)Nc1cc(OC)c(Br)cc1Br)C(=O)O. The van der Waals surface area contributed by atoms with E-state index in [9.17, 15) is 9.59 Å². The summed E-state index contributed by atoms with van der Waals surface area (Å²) in [6.07, 6.45) is 4.96. The van der Waals surface area contributed by atoms with Gasteiger partial charge >= 0.3 is 12.0 Å². The molecule has 0 aliphatic rings. The highest BCUT2D eigenvalue weighted by Gasteiger charge is 2.19. The maximum atomic E-state index is 11.8. The number of aliphatic carboxylic acids is 1. The summed E-state index contributed by atoms with van der Waals surface area (Å²) in [5.74, 6) is 1.52. The Labute approximate surface area is 138 Å². The minimum atomic E-state index is -1.20. The molecule has 21 heavy (non-hydrogen) atoms. The van der Waals surface area contributed by atoms with Gasteiger partial charge in [0.15, 0.2) is 0 Å². The van der Waals surface area contributed by atoms with Crippen LogP contribution in [0.4, 0.5) is 10.5 Å². The lowest BCUT2D eigenvalue weighted by molar-refractivity contribution is -0.139. The fourth-order valence-electron chi connectivity index (χ4n) is 1.42. The summed E-state index contributed by atoms with van der Waals surface area (Å²) in [5.41, 5.74) is 0.428. The van der Waals surface area contributed by atoms with Gasteiger partial charge in [-0.1, -0.05) is 0 Å². The van der Waals surface area contributed by atoms with Gasteiger partial charge in [-0.2, -0.15) is 0 Å². The summed E-state index contributed by atoms with van der Waals surface area (Å²) in [6, 6.07) is 1.46. The van der Waals surface area contributed by atoms with E-state index in [1.807, 2.05) is 0 Å². The number of urea groups is 1. The maximum Gasteiger partial charge on any atom is 0.327 e. The van der Waals surface area contributed by atoms with E-state index in [2.05, 4.69) is 48.4 Å².